The van der Waals surface area contributed by atoms with E-state index in [2.05, 4.69) is 4.98 Å². The van der Waals surface area contributed by atoms with Gasteiger partial charge in [0, 0.05) is 33.0 Å². The fourth-order valence-electron chi connectivity index (χ4n) is 4.95. The van der Waals surface area contributed by atoms with Crippen molar-refractivity contribution in [1.29, 1.82) is 0 Å². The van der Waals surface area contributed by atoms with E-state index in [-0.39, 0.29) is 23.9 Å². The Labute approximate surface area is 223 Å². The third-order valence-electron chi connectivity index (χ3n) is 7.04. The molecule has 0 radical (unpaired) electrons. The van der Waals surface area contributed by atoms with Gasteiger partial charge < -0.3 is 19.3 Å². The molecule has 0 saturated carbocycles. The molecule has 0 bridgehead atoms. The van der Waals surface area contributed by atoms with Gasteiger partial charge >= 0.3 is 5.92 Å². The summed E-state index contributed by atoms with van der Waals surface area (Å²) in [5, 5.41) is 0. The van der Waals surface area contributed by atoms with Gasteiger partial charge in [-0.25, -0.2) is 4.98 Å². The number of hydrogen-bond donors (Lipinski definition) is 0. The maximum atomic E-state index is 14.8. The highest BCUT2D eigenvalue weighted by Crippen LogP contribution is 2.34. The molecule has 2 saturated heterocycles. The molecule has 1 aromatic carbocycles. The predicted octanol–water partition coefficient (Wildman–Crippen LogP) is 2.90. The number of carbonyl (C=O) groups excluding carboxylic acids is 1. The van der Waals surface area contributed by atoms with E-state index < -0.39 is 11.7 Å². The quantitative estimate of drug-likeness (QED) is 0.368. The smallest absolute Gasteiger partial charge is 0.302 e. The van der Waals surface area contributed by atoms with E-state index in [9.17, 15) is 13.6 Å². The summed E-state index contributed by atoms with van der Waals surface area (Å²) in [6.07, 6.45) is -0.203. The first-order chi connectivity index (χ1) is 18.6. The van der Waals surface area contributed by atoms with Crippen molar-refractivity contribution in [3.63, 3.8) is 0 Å². The molecule has 0 aliphatic carbocycles. The number of nitrogens with zero attached hydrogens (tertiary/aromatic N) is 8. The molecule has 4 aromatic rings. The molecule has 5 heterocycles. The number of alkyl halides is 2. The van der Waals surface area contributed by atoms with Gasteiger partial charge in [-0.05, 0) is 12.1 Å². The normalized spacial score (nSPS) is 16.9. The average molecular weight is 541 g/mol. The molecule has 0 atom stereocenters. The Balaban J connectivity index is 1.46. The van der Waals surface area contributed by atoms with Crippen LogP contribution in [0.15, 0.2) is 24.3 Å². The molecule has 6 rings (SSSR count). The number of halogens is 2. The Bertz CT molecular complexity index is 1550. The molecule has 2 fully saturated rings. The Hall–Kier alpha value is -3.87. The van der Waals surface area contributed by atoms with Crippen LogP contribution in [-0.4, -0.2) is 85.4 Å². The van der Waals surface area contributed by atoms with Gasteiger partial charge in [0.1, 0.15) is 6.10 Å². The summed E-state index contributed by atoms with van der Waals surface area (Å²) in [5.74, 6) is -3.09. The third-order valence-corrected chi connectivity index (χ3v) is 7.04. The highest BCUT2D eigenvalue weighted by atomic mass is 19.3. The monoisotopic (exact) mass is 540 g/mol. The molecule has 13 heteroatoms. The van der Waals surface area contributed by atoms with Gasteiger partial charge in [0.2, 0.25) is 11.9 Å². The number of fused-ring (bicyclic) bond motifs is 2. The first-order valence-corrected chi connectivity index (χ1v) is 13.0. The molecule has 1 amide bonds. The number of para-hydroxylation sites is 2. The van der Waals surface area contributed by atoms with Crippen molar-refractivity contribution in [1.82, 2.24) is 34.0 Å². The van der Waals surface area contributed by atoms with Crippen LogP contribution in [0.5, 0.6) is 6.01 Å². The van der Waals surface area contributed by atoms with E-state index in [1.54, 1.807) is 40.8 Å². The van der Waals surface area contributed by atoms with Crippen molar-refractivity contribution in [2.45, 2.75) is 32.8 Å². The van der Waals surface area contributed by atoms with Gasteiger partial charge in [0.25, 0.3) is 6.01 Å². The van der Waals surface area contributed by atoms with Crippen LogP contribution >= 0.6 is 0 Å². The SMILES string of the molecule is CC(C)C(=O)N1CC(Oc2nc3c(N4CCOCC4)nc(-n4c(C(C)(F)F)nc5ccccc54)nc3n2C)C1. The number of carbonyl (C=O) groups is 1. The molecule has 3 aromatic heterocycles. The zero-order chi connectivity index (χ0) is 27.5. The first-order valence-electron chi connectivity index (χ1n) is 13.0. The Kier molecular flexibility index (Phi) is 6.12. The summed E-state index contributed by atoms with van der Waals surface area (Å²) in [6.45, 7) is 7.64. The number of likely N-dealkylation sites (tertiary alicyclic amines) is 1. The van der Waals surface area contributed by atoms with Crippen LogP contribution in [0.2, 0.25) is 0 Å². The van der Waals surface area contributed by atoms with E-state index in [1.807, 2.05) is 18.7 Å². The van der Waals surface area contributed by atoms with E-state index in [0.29, 0.717) is 73.4 Å². The number of anilines is 1. The van der Waals surface area contributed by atoms with Crippen molar-refractivity contribution in [3.05, 3.63) is 30.1 Å². The molecule has 206 valence electrons. The van der Waals surface area contributed by atoms with E-state index in [4.69, 9.17) is 24.4 Å². The van der Waals surface area contributed by atoms with Gasteiger partial charge in [-0.1, -0.05) is 26.0 Å². The van der Waals surface area contributed by atoms with Crippen molar-refractivity contribution in [2.24, 2.45) is 13.0 Å². The maximum absolute atomic E-state index is 14.8. The fraction of sp³-hybridized carbons (Fsp3) is 0.500. The van der Waals surface area contributed by atoms with Crippen LogP contribution in [0.3, 0.4) is 0 Å². The van der Waals surface area contributed by atoms with Crippen molar-refractivity contribution >= 4 is 33.9 Å². The van der Waals surface area contributed by atoms with Crippen molar-refractivity contribution < 1.29 is 23.0 Å². The molecule has 2 aliphatic heterocycles. The van der Waals surface area contributed by atoms with E-state index in [0.717, 1.165) is 6.92 Å². The second-order valence-corrected chi connectivity index (χ2v) is 10.4. The summed E-state index contributed by atoms with van der Waals surface area (Å²) in [7, 11) is 1.77. The summed E-state index contributed by atoms with van der Waals surface area (Å²) >= 11 is 0. The Morgan fingerprint density at radius 1 is 1.10 bits per heavy atom. The standard InChI is InChI=1S/C26H30F2N8O3/c1-15(2)22(37)35-13-16(14-35)39-25-30-19-20(33(25)4)31-24(32-21(19)34-9-11-38-12-10-34)36-18-8-6-5-7-17(18)29-23(36)26(3,27)28/h5-8,15-16H,9-14H2,1-4H3. The third kappa shape index (κ3) is 4.44. The number of hydrogen-bond acceptors (Lipinski definition) is 8. The highest BCUT2D eigenvalue weighted by Gasteiger charge is 2.36. The van der Waals surface area contributed by atoms with Crippen LogP contribution in [0.4, 0.5) is 14.6 Å². The average Bonchev–Trinajstić information content (AvgIpc) is 3.44. The largest absolute Gasteiger partial charge is 0.458 e. The minimum absolute atomic E-state index is 0.0705. The minimum atomic E-state index is -3.24. The molecule has 39 heavy (non-hydrogen) atoms. The van der Waals surface area contributed by atoms with Crippen LogP contribution in [-0.2, 0) is 22.5 Å². The highest BCUT2D eigenvalue weighted by molar-refractivity contribution is 5.86. The summed E-state index contributed by atoms with van der Waals surface area (Å²) in [5.41, 5.74) is 1.84. The van der Waals surface area contributed by atoms with Crippen molar-refractivity contribution in [3.8, 4) is 12.0 Å². The lowest BCUT2D eigenvalue weighted by molar-refractivity contribution is -0.143. The number of ether oxygens (including phenoxy) is 2. The molecule has 0 unspecified atom stereocenters. The van der Waals surface area contributed by atoms with E-state index in [1.165, 1.54) is 4.57 Å². The molecule has 0 N–H and O–H groups in total. The molecular formula is C26H30F2N8O3. The van der Waals surface area contributed by atoms with Crippen LogP contribution < -0.4 is 9.64 Å². The number of aryl methyl sites for hydroxylation is 1. The minimum Gasteiger partial charge on any atom is -0.458 e. The van der Waals surface area contributed by atoms with Gasteiger partial charge in [-0.15, -0.1) is 0 Å². The number of aromatic nitrogens is 6. The van der Waals surface area contributed by atoms with Crippen LogP contribution in [0.25, 0.3) is 28.1 Å². The van der Waals surface area contributed by atoms with E-state index >= 15 is 0 Å². The summed E-state index contributed by atoms with van der Waals surface area (Å²) in [4.78, 5) is 34.5. The van der Waals surface area contributed by atoms with Crippen LogP contribution in [0.1, 0.15) is 26.6 Å². The summed E-state index contributed by atoms with van der Waals surface area (Å²) < 4.78 is 44.3. The zero-order valence-corrected chi connectivity index (χ0v) is 22.3. The molecular weight excluding hydrogens is 510 g/mol. The lowest BCUT2D eigenvalue weighted by atomic mass is 10.1. The predicted molar refractivity (Wildman–Crippen MR) is 139 cm³/mol. The van der Waals surface area contributed by atoms with Crippen LogP contribution in [0, 0.1) is 5.92 Å². The van der Waals surface area contributed by atoms with Gasteiger partial charge in [0.05, 0.1) is 37.3 Å². The number of rotatable bonds is 6. The zero-order valence-electron chi connectivity index (χ0n) is 22.3. The first kappa shape index (κ1) is 25.4. The number of amides is 1. The van der Waals surface area contributed by atoms with Crippen molar-refractivity contribution in [2.75, 3.05) is 44.3 Å². The fourth-order valence-corrected chi connectivity index (χ4v) is 4.95. The van der Waals surface area contributed by atoms with Gasteiger partial charge in [-0.2, -0.15) is 23.7 Å². The van der Waals surface area contributed by atoms with Gasteiger partial charge in [0.15, 0.2) is 22.8 Å². The Morgan fingerprint density at radius 3 is 2.51 bits per heavy atom. The van der Waals surface area contributed by atoms with Gasteiger partial charge in [-0.3, -0.25) is 13.9 Å². The number of imidazole rings is 2. The number of benzene rings is 1. The maximum Gasteiger partial charge on any atom is 0.302 e. The molecule has 11 nitrogen and oxygen atoms in total. The summed E-state index contributed by atoms with van der Waals surface area (Å²) in [6, 6.07) is 7.25. The number of morpholine rings is 1. The lowest BCUT2D eigenvalue weighted by Gasteiger charge is -2.39. The topological polar surface area (TPSA) is 103 Å². The lowest BCUT2D eigenvalue weighted by Crippen LogP contribution is -2.57. The molecule has 0 spiro atoms. The second-order valence-electron chi connectivity index (χ2n) is 10.4. The molecule has 2 aliphatic rings. The second kappa shape index (κ2) is 9.40. The Morgan fingerprint density at radius 2 is 1.82 bits per heavy atom.